The number of hydrogen-bond acceptors (Lipinski definition) is 2. The first-order valence-corrected chi connectivity index (χ1v) is 6.96. The first kappa shape index (κ1) is 13.3. The smallest absolute Gasteiger partial charge is 0.0558 e. The van der Waals surface area contributed by atoms with E-state index in [9.17, 15) is 0 Å². The number of nitrogens with zero attached hydrogens (tertiary/aromatic N) is 1. The maximum Gasteiger partial charge on any atom is 0.0558 e. The molecule has 0 amide bonds. The van der Waals surface area contributed by atoms with E-state index in [1.807, 2.05) is 6.07 Å². The molecular weight excluding hydrogens is 222 g/mol. The Kier molecular flexibility index (Phi) is 5.43. The minimum atomic E-state index is 0.260. The van der Waals surface area contributed by atoms with E-state index in [-0.39, 0.29) is 6.61 Å². The van der Waals surface area contributed by atoms with Crippen LogP contribution in [-0.4, -0.2) is 35.7 Å². The zero-order chi connectivity index (χ0) is 12.6. The predicted octanol–water partition coefficient (Wildman–Crippen LogP) is 2.94. The van der Waals surface area contributed by atoms with Gasteiger partial charge in [0, 0.05) is 19.1 Å². The topological polar surface area (TPSA) is 23.5 Å². The van der Waals surface area contributed by atoms with Gasteiger partial charge in [0.05, 0.1) is 6.61 Å². The van der Waals surface area contributed by atoms with Gasteiger partial charge in [-0.2, -0.15) is 0 Å². The Bertz CT molecular complexity index is 355. The Balaban J connectivity index is 1.87. The van der Waals surface area contributed by atoms with Crippen molar-refractivity contribution in [3.63, 3.8) is 0 Å². The first-order valence-electron chi connectivity index (χ1n) is 6.96. The fraction of sp³-hybridized carbons (Fsp3) is 0.500. The van der Waals surface area contributed by atoms with Crippen molar-refractivity contribution < 1.29 is 5.11 Å². The molecule has 0 spiro atoms. The van der Waals surface area contributed by atoms with E-state index < -0.39 is 0 Å². The fourth-order valence-electron chi connectivity index (χ4n) is 2.71. The highest BCUT2D eigenvalue weighted by Crippen LogP contribution is 2.23. The van der Waals surface area contributed by atoms with Crippen LogP contribution in [0.2, 0.25) is 0 Å². The molecule has 0 bridgehead atoms. The molecule has 0 unspecified atom stereocenters. The molecule has 98 valence electrons. The molecule has 0 aliphatic heterocycles. The molecule has 0 atom stereocenters. The lowest BCUT2D eigenvalue weighted by Crippen LogP contribution is -2.35. The largest absolute Gasteiger partial charge is 0.395 e. The van der Waals surface area contributed by atoms with Gasteiger partial charge < -0.3 is 5.11 Å². The summed E-state index contributed by atoms with van der Waals surface area (Å²) in [5, 5.41) is 9.15. The van der Waals surface area contributed by atoms with Crippen molar-refractivity contribution >= 4 is 6.08 Å². The van der Waals surface area contributed by atoms with E-state index in [1.54, 1.807) is 0 Å². The monoisotopic (exact) mass is 245 g/mol. The Hall–Kier alpha value is -1.12. The van der Waals surface area contributed by atoms with Crippen molar-refractivity contribution in [2.45, 2.75) is 31.7 Å². The van der Waals surface area contributed by atoms with E-state index >= 15 is 0 Å². The van der Waals surface area contributed by atoms with Gasteiger partial charge in [0.25, 0.3) is 0 Å². The highest BCUT2D eigenvalue weighted by Gasteiger charge is 2.20. The maximum atomic E-state index is 9.15. The van der Waals surface area contributed by atoms with Crippen LogP contribution in [0.3, 0.4) is 0 Å². The molecule has 1 aromatic rings. The molecular formula is C16H23NO. The van der Waals surface area contributed by atoms with Crippen LogP contribution in [0.5, 0.6) is 0 Å². The van der Waals surface area contributed by atoms with Crippen LogP contribution in [-0.2, 0) is 0 Å². The Labute approximate surface area is 110 Å². The van der Waals surface area contributed by atoms with Crippen molar-refractivity contribution in [1.82, 2.24) is 4.90 Å². The summed E-state index contributed by atoms with van der Waals surface area (Å²) in [4.78, 5) is 2.41. The van der Waals surface area contributed by atoms with E-state index in [0.29, 0.717) is 6.04 Å². The van der Waals surface area contributed by atoms with Gasteiger partial charge in [-0.25, -0.2) is 0 Å². The fourth-order valence-corrected chi connectivity index (χ4v) is 2.71. The molecule has 1 N–H and O–H groups in total. The molecule has 2 nitrogen and oxygen atoms in total. The van der Waals surface area contributed by atoms with Gasteiger partial charge in [-0.1, -0.05) is 55.3 Å². The summed E-state index contributed by atoms with van der Waals surface area (Å²) >= 11 is 0. The molecule has 0 saturated heterocycles. The van der Waals surface area contributed by atoms with Gasteiger partial charge in [-0.3, -0.25) is 4.90 Å². The molecule has 18 heavy (non-hydrogen) atoms. The van der Waals surface area contributed by atoms with E-state index in [0.717, 1.165) is 13.1 Å². The van der Waals surface area contributed by atoms with Gasteiger partial charge in [-0.05, 0) is 18.4 Å². The third-order valence-electron chi connectivity index (χ3n) is 3.68. The third-order valence-corrected chi connectivity index (χ3v) is 3.68. The molecule has 1 aromatic carbocycles. The molecule has 2 rings (SSSR count). The molecule has 1 aliphatic carbocycles. The van der Waals surface area contributed by atoms with E-state index in [1.165, 1.54) is 31.2 Å². The Morgan fingerprint density at radius 3 is 2.56 bits per heavy atom. The minimum absolute atomic E-state index is 0.260. The minimum Gasteiger partial charge on any atom is -0.395 e. The quantitative estimate of drug-likeness (QED) is 0.833. The maximum absolute atomic E-state index is 9.15. The summed E-state index contributed by atoms with van der Waals surface area (Å²) in [5.74, 6) is 0. The summed E-state index contributed by atoms with van der Waals surface area (Å²) in [7, 11) is 0. The third kappa shape index (κ3) is 3.97. The van der Waals surface area contributed by atoms with Gasteiger partial charge >= 0.3 is 0 Å². The average Bonchev–Trinajstić information content (AvgIpc) is 2.93. The molecule has 2 heteroatoms. The zero-order valence-corrected chi connectivity index (χ0v) is 11.0. The first-order chi connectivity index (χ1) is 8.90. The molecule has 1 fully saturated rings. The normalized spacial score (nSPS) is 17.0. The van der Waals surface area contributed by atoms with Crippen LogP contribution >= 0.6 is 0 Å². The second kappa shape index (κ2) is 7.34. The van der Waals surface area contributed by atoms with Crippen LogP contribution in [0.4, 0.5) is 0 Å². The van der Waals surface area contributed by atoms with Gasteiger partial charge in [-0.15, -0.1) is 0 Å². The number of aliphatic hydroxyl groups is 1. The summed E-state index contributed by atoms with van der Waals surface area (Å²) in [5.41, 5.74) is 1.24. The van der Waals surface area contributed by atoms with Crippen molar-refractivity contribution in [3.05, 3.63) is 42.0 Å². The highest BCUT2D eigenvalue weighted by molar-refractivity contribution is 5.48. The van der Waals surface area contributed by atoms with E-state index in [4.69, 9.17) is 5.11 Å². The summed E-state index contributed by atoms with van der Waals surface area (Å²) < 4.78 is 0. The van der Waals surface area contributed by atoms with E-state index in [2.05, 4.69) is 41.3 Å². The summed E-state index contributed by atoms with van der Waals surface area (Å²) in [6.07, 6.45) is 9.64. The number of aliphatic hydroxyl groups excluding tert-OH is 1. The van der Waals surface area contributed by atoms with Crippen LogP contribution in [0, 0.1) is 0 Å². The van der Waals surface area contributed by atoms with Crippen molar-refractivity contribution in [2.75, 3.05) is 19.7 Å². The summed E-state index contributed by atoms with van der Waals surface area (Å²) in [6, 6.07) is 11.1. The number of rotatable bonds is 6. The van der Waals surface area contributed by atoms with Gasteiger partial charge in [0.1, 0.15) is 0 Å². The standard InChI is InChI=1S/C16H23NO/c18-14-13-17(16-10-4-5-11-16)12-6-9-15-7-2-1-3-8-15/h1-3,6-9,16,18H,4-5,10-14H2. The van der Waals surface area contributed by atoms with Gasteiger partial charge in [0.2, 0.25) is 0 Å². The summed E-state index contributed by atoms with van der Waals surface area (Å²) in [6.45, 7) is 2.00. The van der Waals surface area contributed by atoms with Gasteiger partial charge in [0.15, 0.2) is 0 Å². The number of benzene rings is 1. The SMILES string of the molecule is OCCN(CC=Cc1ccccc1)C1CCCC1. The second-order valence-corrected chi connectivity index (χ2v) is 4.97. The molecule has 0 radical (unpaired) electrons. The number of hydrogen-bond donors (Lipinski definition) is 1. The lowest BCUT2D eigenvalue weighted by molar-refractivity contribution is 0.166. The van der Waals surface area contributed by atoms with Crippen LogP contribution in [0.25, 0.3) is 6.08 Å². The second-order valence-electron chi connectivity index (χ2n) is 4.97. The Morgan fingerprint density at radius 1 is 1.17 bits per heavy atom. The molecule has 0 heterocycles. The lowest BCUT2D eigenvalue weighted by Gasteiger charge is -2.26. The van der Waals surface area contributed by atoms with Crippen molar-refractivity contribution in [3.8, 4) is 0 Å². The Morgan fingerprint density at radius 2 is 1.89 bits per heavy atom. The molecule has 0 aromatic heterocycles. The highest BCUT2D eigenvalue weighted by atomic mass is 16.3. The van der Waals surface area contributed by atoms with Crippen molar-refractivity contribution in [1.29, 1.82) is 0 Å². The lowest BCUT2D eigenvalue weighted by atomic mass is 10.2. The predicted molar refractivity (Wildman–Crippen MR) is 76.4 cm³/mol. The van der Waals surface area contributed by atoms with Crippen LogP contribution in [0.15, 0.2) is 36.4 Å². The molecule has 1 aliphatic rings. The molecule has 1 saturated carbocycles. The van der Waals surface area contributed by atoms with Crippen molar-refractivity contribution in [2.24, 2.45) is 0 Å². The zero-order valence-electron chi connectivity index (χ0n) is 11.0. The average molecular weight is 245 g/mol. The van der Waals surface area contributed by atoms with Crippen LogP contribution < -0.4 is 0 Å². The van der Waals surface area contributed by atoms with Crippen LogP contribution in [0.1, 0.15) is 31.2 Å².